The Balaban J connectivity index is 1.48. The summed E-state index contributed by atoms with van der Waals surface area (Å²) >= 11 is 0. The van der Waals surface area contributed by atoms with Crippen molar-refractivity contribution in [2.75, 3.05) is 13.2 Å². The summed E-state index contributed by atoms with van der Waals surface area (Å²) in [5.41, 5.74) is 3.21. The zero-order valence-corrected chi connectivity index (χ0v) is 16.4. The Hall–Kier alpha value is -3.00. The number of amides is 1. The molecular weight excluding hydrogens is 375 g/mol. The van der Waals surface area contributed by atoms with Crippen molar-refractivity contribution in [3.63, 3.8) is 0 Å². The van der Waals surface area contributed by atoms with Crippen molar-refractivity contribution >= 4 is 5.91 Å². The van der Waals surface area contributed by atoms with Gasteiger partial charge in [0.2, 0.25) is 17.7 Å². The molecule has 0 saturated carbocycles. The number of rotatable bonds is 6. The minimum atomic E-state index is -0.324. The molecule has 3 heterocycles. The van der Waals surface area contributed by atoms with Crippen molar-refractivity contribution < 1.29 is 18.3 Å². The quantitative estimate of drug-likeness (QED) is 0.689. The summed E-state index contributed by atoms with van der Waals surface area (Å²) in [7, 11) is 0. The highest BCUT2D eigenvalue weighted by atomic mass is 19.1. The van der Waals surface area contributed by atoms with Crippen LogP contribution in [0.4, 0.5) is 4.39 Å². The molecule has 29 heavy (non-hydrogen) atoms. The van der Waals surface area contributed by atoms with Crippen molar-refractivity contribution in [1.82, 2.24) is 20.1 Å². The number of nitrogens with zero attached hydrogens (tertiary/aromatic N) is 3. The second kappa shape index (κ2) is 8.16. The molecule has 0 bridgehead atoms. The van der Waals surface area contributed by atoms with E-state index in [4.69, 9.17) is 9.15 Å². The summed E-state index contributed by atoms with van der Waals surface area (Å²) in [6, 6.07) is 7.80. The summed E-state index contributed by atoms with van der Waals surface area (Å²) < 4.78 is 26.4. The van der Waals surface area contributed by atoms with Crippen molar-refractivity contribution in [2.45, 2.75) is 39.3 Å². The fourth-order valence-electron chi connectivity index (χ4n) is 3.53. The third kappa shape index (κ3) is 4.22. The molecule has 0 spiro atoms. The van der Waals surface area contributed by atoms with Gasteiger partial charge in [0.1, 0.15) is 12.4 Å². The first-order chi connectivity index (χ1) is 14.0. The lowest BCUT2D eigenvalue weighted by molar-refractivity contribution is -0.122. The van der Waals surface area contributed by atoms with Crippen LogP contribution >= 0.6 is 0 Å². The number of benzene rings is 1. The normalized spacial score (nSPS) is 16.3. The van der Waals surface area contributed by atoms with E-state index in [1.165, 1.54) is 12.1 Å². The molecule has 3 aromatic rings. The maximum atomic E-state index is 13.1. The van der Waals surface area contributed by atoms with Gasteiger partial charge in [-0.25, -0.2) is 4.39 Å². The number of hydrogen-bond donors (Lipinski definition) is 1. The maximum Gasteiger partial charge on any atom is 0.249 e. The van der Waals surface area contributed by atoms with E-state index in [0.29, 0.717) is 23.9 Å². The first kappa shape index (κ1) is 19.3. The maximum absolute atomic E-state index is 13.1. The van der Waals surface area contributed by atoms with Gasteiger partial charge in [0.25, 0.3) is 0 Å². The molecule has 1 N–H and O–H groups in total. The van der Waals surface area contributed by atoms with Gasteiger partial charge in [0.15, 0.2) is 0 Å². The Kier molecular flexibility index (Phi) is 5.44. The standard InChI is InChI=1S/C21H23FN4O3/c1-13-10-18(21-25-24-20(29-21)15-5-7-16(22)8-6-15)14(2)26(13)12-19(27)23-11-17-4-3-9-28-17/h5-8,10,17H,3-4,9,11-12H2,1-2H3,(H,23,27)/t17-/m0/s1. The van der Waals surface area contributed by atoms with Crippen LogP contribution in [0.15, 0.2) is 34.7 Å². The average molecular weight is 398 g/mol. The molecule has 2 aromatic heterocycles. The summed E-state index contributed by atoms with van der Waals surface area (Å²) in [5.74, 6) is 0.295. The van der Waals surface area contributed by atoms with Crippen molar-refractivity contribution in [3.8, 4) is 22.9 Å². The molecule has 4 rings (SSSR count). The molecule has 7 nitrogen and oxygen atoms in total. The Bertz CT molecular complexity index is 1000. The zero-order valence-electron chi connectivity index (χ0n) is 16.4. The van der Waals surface area contributed by atoms with Crippen LogP contribution in [0.3, 0.4) is 0 Å². The van der Waals surface area contributed by atoms with Crippen LogP contribution < -0.4 is 5.32 Å². The summed E-state index contributed by atoms with van der Waals surface area (Å²) in [6.07, 6.45) is 2.15. The second-order valence-corrected chi connectivity index (χ2v) is 7.23. The number of halogens is 1. The van der Waals surface area contributed by atoms with Gasteiger partial charge in [-0.05, 0) is 57.0 Å². The highest BCUT2D eigenvalue weighted by Gasteiger charge is 2.20. The largest absolute Gasteiger partial charge is 0.416 e. The van der Waals surface area contributed by atoms with E-state index in [-0.39, 0.29) is 24.4 Å². The summed E-state index contributed by atoms with van der Waals surface area (Å²) in [6.45, 7) is 5.36. The molecule has 0 aliphatic carbocycles. The Labute approximate surface area is 167 Å². The van der Waals surface area contributed by atoms with E-state index in [1.54, 1.807) is 12.1 Å². The van der Waals surface area contributed by atoms with Gasteiger partial charge in [-0.1, -0.05) is 0 Å². The smallest absolute Gasteiger partial charge is 0.249 e. The van der Waals surface area contributed by atoms with Crippen molar-refractivity contribution in [1.29, 1.82) is 0 Å². The number of hydrogen-bond acceptors (Lipinski definition) is 5. The van der Waals surface area contributed by atoms with Crippen molar-refractivity contribution in [2.24, 2.45) is 0 Å². The lowest BCUT2D eigenvalue weighted by Gasteiger charge is -2.13. The first-order valence-corrected chi connectivity index (χ1v) is 9.66. The van der Waals surface area contributed by atoms with E-state index in [0.717, 1.165) is 36.4 Å². The Morgan fingerprint density at radius 1 is 1.24 bits per heavy atom. The molecule has 0 radical (unpaired) electrons. The monoisotopic (exact) mass is 398 g/mol. The minimum Gasteiger partial charge on any atom is -0.416 e. The third-order valence-corrected chi connectivity index (χ3v) is 5.17. The summed E-state index contributed by atoms with van der Waals surface area (Å²) in [5, 5.41) is 11.1. The van der Waals surface area contributed by atoms with Gasteiger partial charge in [0.05, 0.1) is 11.7 Å². The molecule has 1 aromatic carbocycles. The van der Waals surface area contributed by atoms with Gasteiger partial charge in [-0.15, -0.1) is 10.2 Å². The summed E-state index contributed by atoms with van der Waals surface area (Å²) in [4.78, 5) is 12.4. The van der Waals surface area contributed by atoms with E-state index in [1.807, 2.05) is 24.5 Å². The zero-order chi connectivity index (χ0) is 20.4. The lowest BCUT2D eigenvalue weighted by Crippen LogP contribution is -2.34. The van der Waals surface area contributed by atoms with E-state index >= 15 is 0 Å². The van der Waals surface area contributed by atoms with Crippen molar-refractivity contribution in [3.05, 3.63) is 47.5 Å². The van der Waals surface area contributed by atoms with Crippen LogP contribution in [0.25, 0.3) is 22.9 Å². The van der Waals surface area contributed by atoms with Crippen LogP contribution in [0.1, 0.15) is 24.2 Å². The fourth-order valence-corrected chi connectivity index (χ4v) is 3.53. The van der Waals surface area contributed by atoms with Crippen LogP contribution in [-0.4, -0.2) is 39.9 Å². The molecular formula is C21H23FN4O3. The molecule has 8 heteroatoms. The minimum absolute atomic E-state index is 0.0635. The number of aryl methyl sites for hydroxylation is 1. The molecule has 1 fully saturated rings. The van der Waals surface area contributed by atoms with Crippen LogP contribution in [-0.2, 0) is 16.1 Å². The van der Waals surface area contributed by atoms with Gasteiger partial charge >= 0.3 is 0 Å². The van der Waals surface area contributed by atoms with Crippen LogP contribution in [0.2, 0.25) is 0 Å². The molecule has 152 valence electrons. The predicted octanol–water partition coefficient (Wildman–Crippen LogP) is 3.26. The SMILES string of the molecule is Cc1cc(-c2nnc(-c3ccc(F)cc3)o2)c(C)n1CC(=O)NC[C@@H]1CCCO1. The number of carbonyl (C=O) groups is 1. The molecule has 1 atom stereocenters. The van der Waals surface area contributed by atoms with Gasteiger partial charge < -0.3 is 19.0 Å². The van der Waals surface area contributed by atoms with E-state index in [9.17, 15) is 9.18 Å². The lowest BCUT2D eigenvalue weighted by atomic mass is 10.2. The fraction of sp³-hybridized carbons (Fsp3) is 0.381. The Morgan fingerprint density at radius 2 is 2.00 bits per heavy atom. The molecule has 0 unspecified atom stereocenters. The molecule has 1 saturated heterocycles. The van der Waals surface area contributed by atoms with E-state index < -0.39 is 0 Å². The molecule has 1 amide bonds. The molecule has 1 aliphatic heterocycles. The number of ether oxygens (including phenoxy) is 1. The molecule has 1 aliphatic rings. The topological polar surface area (TPSA) is 82.2 Å². The first-order valence-electron chi connectivity index (χ1n) is 9.66. The van der Waals surface area contributed by atoms with Crippen LogP contribution in [0.5, 0.6) is 0 Å². The Morgan fingerprint density at radius 3 is 2.72 bits per heavy atom. The average Bonchev–Trinajstić information content (AvgIpc) is 3.44. The van der Waals surface area contributed by atoms with Gasteiger partial charge in [-0.3, -0.25) is 4.79 Å². The highest BCUT2D eigenvalue weighted by molar-refractivity contribution is 5.76. The second-order valence-electron chi connectivity index (χ2n) is 7.23. The predicted molar refractivity (Wildman–Crippen MR) is 105 cm³/mol. The van der Waals surface area contributed by atoms with Crippen LogP contribution in [0, 0.1) is 19.7 Å². The van der Waals surface area contributed by atoms with Gasteiger partial charge in [-0.2, -0.15) is 0 Å². The third-order valence-electron chi connectivity index (χ3n) is 5.17. The highest BCUT2D eigenvalue weighted by Crippen LogP contribution is 2.28. The van der Waals surface area contributed by atoms with E-state index in [2.05, 4.69) is 15.5 Å². The van der Waals surface area contributed by atoms with Gasteiger partial charge in [0, 0.05) is 30.1 Å². The number of aromatic nitrogens is 3. The number of nitrogens with one attached hydrogen (secondary N) is 1. The number of carbonyl (C=O) groups excluding carboxylic acids is 1.